The Labute approximate surface area is 122 Å². The molecule has 4 nitrogen and oxygen atoms in total. The molecule has 2 rings (SSSR count). The maximum Gasteiger partial charge on any atom is 0.234 e. The van der Waals surface area contributed by atoms with E-state index < -0.39 is 6.10 Å². The van der Waals surface area contributed by atoms with Crippen LogP contribution in [0.5, 0.6) is 0 Å². The van der Waals surface area contributed by atoms with Gasteiger partial charge in [-0.3, -0.25) is 4.79 Å². The van der Waals surface area contributed by atoms with Crippen LogP contribution in [-0.4, -0.2) is 30.1 Å². The Morgan fingerprint density at radius 3 is 2.53 bits per heavy atom. The highest BCUT2D eigenvalue weighted by Gasteiger charge is 2.21. The molecule has 104 valence electrons. The van der Waals surface area contributed by atoms with Gasteiger partial charge in [0.05, 0.1) is 12.6 Å². The fourth-order valence-electron chi connectivity index (χ4n) is 1.68. The van der Waals surface area contributed by atoms with E-state index in [0.29, 0.717) is 21.7 Å². The monoisotopic (exact) mass is 302 g/mol. The number of carbonyl (C=O) groups excluding carboxylic acids is 1. The molecule has 1 unspecified atom stereocenters. The van der Waals surface area contributed by atoms with Gasteiger partial charge >= 0.3 is 0 Å². The Hall–Kier alpha value is -0.810. The molecule has 1 aliphatic rings. The molecular weight excluding hydrogens is 287 g/mol. The number of rotatable bonds is 6. The Morgan fingerprint density at radius 2 is 1.95 bits per heavy atom. The molecule has 1 aromatic carbocycles. The molecule has 3 N–H and O–H groups in total. The van der Waals surface area contributed by atoms with Gasteiger partial charge in [-0.2, -0.15) is 0 Å². The van der Waals surface area contributed by atoms with Crippen molar-refractivity contribution in [1.29, 1.82) is 0 Å². The summed E-state index contributed by atoms with van der Waals surface area (Å²) in [5.41, 5.74) is 0.591. The van der Waals surface area contributed by atoms with Crippen LogP contribution in [0, 0.1) is 0 Å². The maximum atomic E-state index is 11.5. The second kappa shape index (κ2) is 6.57. The smallest absolute Gasteiger partial charge is 0.234 e. The van der Waals surface area contributed by atoms with E-state index in [0.717, 1.165) is 12.8 Å². The normalized spacial score (nSPS) is 16.2. The molecule has 1 aromatic rings. The zero-order chi connectivity index (χ0) is 13.8. The quantitative estimate of drug-likeness (QED) is 0.752. The van der Waals surface area contributed by atoms with Gasteiger partial charge in [-0.25, -0.2) is 0 Å². The van der Waals surface area contributed by atoms with Gasteiger partial charge in [0, 0.05) is 22.6 Å². The van der Waals surface area contributed by atoms with E-state index in [2.05, 4.69) is 10.6 Å². The minimum absolute atomic E-state index is 0.126. The van der Waals surface area contributed by atoms with E-state index in [4.69, 9.17) is 23.2 Å². The Kier molecular flexibility index (Phi) is 5.05. The van der Waals surface area contributed by atoms with Crippen molar-refractivity contribution in [3.8, 4) is 0 Å². The van der Waals surface area contributed by atoms with Gasteiger partial charge < -0.3 is 15.7 Å². The minimum Gasteiger partial charge on any atom is -0.387 e. The van der Waals surface area contributed by atoms with Crippen LogP contribution >= 0.6 is 23.2 Å². The van der Waals surface area contributed by atoms with Gasteiger partial charge in [0.25, 0.3) is 0 Å². The van der Waals surface area contributed by atoms with Crippen LogP contribution in [0.15, 0.2) is 18.2 Å². The van der Waals surface area contributed by atoms with Crippen LogP contribution in [0.3, 0.4) is 0 Å². The molecule has 19 heavy (non-hydrogen) atoms. The van der Waals surface area contributed by atoms with Crippen molar-refractivity contribution in [2.75, 3.05) is 13.1 Å². The minimum atomic E-state index is -0.818. The van der Waals surface area contributed by atoms with Crippen LogP contribution < -0.4 is 10.6 Å². The number of amides is 1. The van der Waals surface area contributed by atoms with E-state index >= 15 is 0 Å². The van der Waals surface area contributed by atoms with Crippen molar-refractivity contribution in [3.63, 3.8) is 0 Å². The van der Waals surface area contributed by atoms with Crippen molar-refractivity contribution >= 4 is 29.1 Å². The summed E-state index contributed by atoms with van der Waals surface area (Å²) in [4.78, 5) is 11.5. The van der Waals surface area contributed by atoms with E-state index in [9.17, 15) is 9.90 Å². The van der Waals surface area contributed by atoms with Gasteiger partial charge in [0.2, 0.25) is 5.91 Å². The van der Waals surface area contributed by atoms with Gasteiger partial charge in [-0.05, 0) is 36.6 Å². The van der Waals surface area contributed by atoms with Crippen molar-refractivity contribution in [2.45, 2.75) is 25.0 Å². The first-order valence-electron chi connectivity index (χ1n) is 6.19. The second-order valence-electron chi connectivity index (χ2n) is 4.68. The first kappa shape index (κ1) is 14.6. The van der Waals surface area contributed by atoms with Crippen molar-refractivity contribution < 1.29 is 9.90 Å². The molecule has 0 heterocycles. The molecule has 0 bridgehead atoms. The third-order valence-electron chi connectivity index (χ3n) is 2.89. The summed E-state index contributed by atoms with van der Waals surface area (Å²) in [5, 5.41) is 16.6. The summed E-state index contributed by atoms with van der Waals surface area (Å²) >= 11 is 11.7. The van der Waals surface area contributed by atoms with Crippen LogP contribution in [0.4, 0.5) is 0 Å². The number of aliphatic hydroxyl groups excluding tert-OH is 1. The number of aliphatic hydroxyl groups is 1. The van der Waals surface area contributed by atoms with Crippen LogP contribution in [0.2, 0.25) is 10.0 Å². The highest BCUT2D eigenvalue weighted by Crippen LogP contribution is 2.23. The summed E-state index contributed by atoms with van der Waals surface area (Å²) < 4.78 is 0. The van der Waals surface area contributed by atoms with E-state index in [1.165, 1.54) is 0 Å². The Balaban J connectivity index is 1.79. The predicted octanol–water partition coefficient (Wildman–Crippen LogP) is 1.90. The van der Waals surface area contributed by atoms with Crippen molar-refractivity contribution in [3.05, 3.63) is 33.8 Å². The van der Waals surface area contributed by atoms with E-state index in [1.54, 1.807) is 18.2 Å². The molecule has 0 aromatic heterocycles. The second-order valence-corrected chi connectivity index (χ2v) is 5.55. The lowest BCUT2D eigenvalue weighted by Crippen LogP contribution is -2.36. The van der Waals surface area contributed by atoms with Crippen LogP contribution in [-0.2, 0) is 4.79 Å². The first-order chi connectivity index (χ1) is 9.04. The lowest BCUT2D eigenvalue weighted by atomic mass is 10.1. The molecule has 0 aliphatic heterocycles. The highest BCUT2D eigenvalue weighted by atomic mass is 35.5. The SMILES string of the molecule is O=C(CNC1CC1)NCC(O)c1cc(Cl)cc(Cl)c1. The maximum absolute atomic E-state index is 11.5. The largest absolute Gasteiger partial charge is 0.387 e. The van der Waals surface area contributed by atoms with E-state index in [-0.39, 0.29) is 19.0 Å². The summed E-state index contributed by atoms with van der Waals surface area (Å²) in [5.74, 6) is -0.126. The molecule has 1 amide bonds. The fourth-order valence-corrected chi connectivity index (χ4v) is 2.23. The van der Waals surface area contributed by atoms with Crippen molar-refractivity contribution in [2.24, 2.45) is 0 Å². The van der Waals surface area contributed by atoms with E-state index in [1.807, 2.05) is 0 Å². The molecule has 6 heteroatoms. The topological polar surface area (TPSA) is 61.4 Å². The van der Waals surface area contributed by atoms with Crippen LogP contribution in [0.25, 0.3) is 0 Å². The summed E-state index contributed by atoms with van der Waals surface area (Å²) in [6, 6.07) is 5.35. The fraction of sp³-hybridized carbons (Fsp3) is 0.462. The zero-order valence-corrected chi connectivity index (χ0v) is 11.8. The Morgan fingerprint density at radius 1 is 1.32 bits per heavy atom. The van der Waals surface area contributed by atoms with Gasteiger partial charge in [0.1, 0.15) is 0 Å². The average molecular weight is 303 g/mol. The zero-order valence-electron chi connectivity index (χ0n) is 10.3. The van der Waals surface area contributed by atoms with Crippen LogP contribution in [0.1, 0.15) is 24.5 Å². The van der Waals surface area contributed by atoms with Gasteiger partial charge in [-0.1, -0.05) is 23.2 Å². The summed E-state index contributed by atoms with van der Waals surface area (Å²) in [7, 11) is 0. The number of halogens is 2. The summed E-state index contributed by atoms with van der Waals surface area (Å²) in [6.45, 7) is 0.426. The number of benzene rings is 1. The van der Waals surface area contributed by atoms with Crippen molar-refractivity contribution in [1.82, 2.24) is 10.6 Å². The molecule has 1 atom stereocenters. The molecule has 0 saturated heterocycles. The first-order valence-corrected chi connectivity index (χ1v) is 6.94. The van der Waals surface area contributed by atoms with Gasteiger partial charge in [0.15, 0.2) is 0 Å². The number of hydrogen-bond donors (Lipinski definition) is 3. The Bertz CT molecular complexity index is 444. The standard InChI is InChI=1S/C13H16Cl2N2O2/c14-9-3-8(4-10(15)5-9)12(18)6-17-13(19)7-16-11-1-2-11/h3-5,11-12,16,18H,1-2,6-7H2,(H,17,19). The predicted molar refractivity (Wildman–Crippen MR) is 75.5 cm³/mol. The number of hydrogen-bond acceptors (Lipinski definition) is 3. The number of carbonyl (C=O) groups is 1. The van der Waals surface area contributed by atoms with Gasteiger partial charge in [-0.15, -0.1) is 0 Å². The lowest BCUT2D eigenvalue weighted by Gasteiger charge is -2.13. The lowest BCUT2D eigenvalue weighted by molar-refractivity contribution is -0.120. The molecule has 1 saturated carbocycles. The molecule has 0 radical (unpaired) electrons. The third-order valence-corrected chi connectivity index (χ3v) is 3.33. The molecule has 1 fully saturated rings. The number of nitrogens with one attached hydrogen (secondary N) is 2. The molecular formula is C13H16Cl2N2O2. The highest BCUT2D eigenvalue weighted by molar-refractivity contribution is 6.34. The summed E-state index contributed by atoms with van der Waals surface area (Å²) in [6.07, 6.45) is 1.45. The average Bonchev–Trinajstić information content (AvgIpc) is 3.16. The molecule has 1 aliphatic carbocycles. The molecule has 0 spiro atoms. The third kappa shape index (κ3) is 4.99.